The fraction of sp³-hybridized carbons (Fsp3) is 0.125. The summed E-state index contributed by atoms with van der Waals surface area (Å²) >= 11 is 12.2. The number of fused-ring (bicyclic) bond motifs is 1. The van der Waals surface area contributed by atoms with Gasteiger partial charge in [-0.2, -0.15) is 0 Å². The van der Waals surface area contributed by atoms with Crippen LogP contribution in [-0.2, 0) is 11.3 Å². The van der Waals surface area contributed by atoms with Gasteiger partial charge in [-0.05, 0) is 48.5 Å². The summed E-state index contributed by atoms with van der Waals surface area (Å²) < 4.78 is 12.6. The molecular weight excluding hydrogens is 481 g/mol. The molecule has 0 bridgehead atoms. The lowest BCUT2D eigenvalue weighted by atomic mass is 10.2. The van der Waals surface area contributed by atoms with Gasteiger partial charge in [0.25, 0.3) is 5.56 Å². The predicted molar refractivity (Wildman–Crippen MR) is 132 cm³/mol. The van der Waals surface area contributed by atoms with Crippen molar-refractivity contribution >= 4 is 45.7 Å². The molecule has 0 aliphatic heterocycles. The first-order valence-corrected chi connectivity index (χ1v) is 10.8. The van der Waals surface area contributed by atoms with E-state index in [9.17, 15) is 14.4 Å². The van der Waals surface area contributed by atoms with Crippen molar-refractivity contribution in [3.63, 3.8) is 0 Å². The monoisotopic (exact) mass is 499 g/mol. The van der Waals surface area contributed by atoms with E-state index >= 15 is 0 Å². The lowest BCUT2D eigenvalue weighted by Gasteiger charge is -2.15. The van der Waals surface area contributed by atoms with E-state index in [1.165, 1.54) is 37.0 Å². The van der Waals surface area contributed by atoms with Crippen molar-refractivity contribution in [2.24, 2.45) is 0 Å². The minimum absolute atomic E-state index is 0.225. The number of ether oxygens (including phenoxy) is 2. The van der Waals surface area contributed by atoms with Gasteiger partial charge in [-0.25, -0.2) is 9.36 Å². The Labute approximate surface area is 203 Å². The molecule has 10 heteroatoms. The highest BCUT2D eigenvalue weighted by Crippen LogP contribution is 2.29. The minimum Gasteiger partial charge on any atom is -0.493 e. The zero-order chi connectivity index (χ0) is 24.4. The highest BCUT2D eigenvalue weighted by atomic mass is 35.5. The number of anilines is 1. The zero-order valence-electron chi connectivity index (χ0n) is 18.2. The second-order valence-corrected chi connectivity index (χ2v) is 8.14. The fourth-order valence-electron chi connectivity index (χ4n) is 3.59. The smallest absolute Gasteiger partial charge is 0.336 e. The summed E-state index contributed by atoms with van der Waals surface area (Å²) in [6.07, 6.45) is 0. The molecule has 0 fully saturated rings. The number of hydrogen-bond acceptors (Lipinski definition) is 5. The molecule has 4 aromatic rings. The molecule has 1 N–H and O–H groups in total. The second kappa shape index (κ2) is 9.62. The van der Waals surface area contributed by atoms with Crippen LogP contribution in [-0.4, -0.2) is 29.3 Å². The van der Waals surface area contributed by atoms with Crippen molar-refractivity contribution < 1.29 is 14.3 Å². The molecule has 0 aliphatic carbocycles. The Kier molecular flexibility index (Phi) is 6.63. The van der Waals surface area contributed by atoms with Crippen LogP contribution in [0.4, 0.5) is 5.69 Å². The van der Waals surface area contributed by atoms with E-state index in [0.717, 1.165) is 4.57 Å². The van der Waals surface area contributed by atoms with Crippen LogP contribution in [0.3, 0.4) is 0 Å². The maximum Gasteiger partial charge on any atom is 0.336 e. The first-order valence-electron chi connectivity index (χ1n) is 10.1. The molecule has 1 amide bonds. The number of aromatic nitrogens is 2. The van der Waals surface area contributed by atoms with E-state index in [4.69, 9.17) is 32.7 Å². The van der Waals surface area contributed by atoms with Crippen LogP contribution in [0.5, 0.6) is 11.5 Å². The van der Waals surface area contributed by atoms with Gasteiger partial charge in [0.1, 0.15) is 6.54 Å². The lowest BCUT2D eigenvalue weighted by Crippen LogP contribution is -2.40. The van der Waals surface area contributed by atoms with E-state index in [2.05, 4.69) is 5.32 Å². The first-order chi connectivity index (χ1) is 16.3. The molecule has 1 aromatic heterocycles. The van der Waals surface area contributed by atoms with E-state index in [0.29, 0.717) is 27.2 Å². The van der Waals surface area contributed by atoms with Gasteiger partial charge in [-0.1, -0.05) is 29.3 Å². The van der Waals surface area contributed by atoms with Gasteiger partial charge < -0.3 is 14.8 Å². The summed E-state index contributed by atoms with van der Waals surface area (Å²) in [4.78, 5) is 39.5. The van der Waals surface area contributed by atoms with Crippen molar-refractivity contribution in [2.45, 2.75) is 6.54 Å². The van der Waals surface area contributed by atoms with Crippen LogP contribution >= 0.6 is 23.2 Å². The molecule has 1 heterocycles. The van der Waals surface area contributed by atoms with Gasteiger partial charge in [0.15, 0.2) is 11.5 Å². The molecule has 0 atom stereocenters. The SMILES string of the molecule is COc1ccc(NC(=O)Cn2c(=O)n(-c3cccc(Cl)c3)c(=O)c3ccc(Cl)cc32)cc1OC. The number of halogens is 2. The third-order valence-electron chi connectivity index (χ3n) is 5.14. The molecule has 4 rings (SSSR count). The Morgan fingerprint density at radius 3 is 2.35 bits per heavy atom. The summed E-state index contributed by atoms with van der Waals surface area (Å²) in [5.41, 5.74) is -0.280. The molecule has 174 valence electrons. The van der Waals surface area contributed by atoms with Gasteiger partial charge in [-0.3, -0.25) is 14.2 Å². The molecule has 0 unspecified atom stereocenters. The highest BCUT2D eigenvalue weighted by molar-refractivity contribution is 6.31. The van der Waals surface area contributed by atoms with E-state index in [-0.39, 0.29) is 23.1 Å². The lowest BCUT2D eigenvalue weighted by molar-refractivity contribution is -0.116. The van der Waals surface area contributed by atoms with E-state index in [1.54, 1.807) is 42.5 Å². The van der Waals surface area contributed by atoms with Crippen LogP contribution in [0.2, 0.25) is 10.0 Å². The first kappa shape index (κ1) is 23.4. The summed E-state index contributed by atoms with van der Waals surface area (Å²) in [5.74, 6) is 0.446. The van der Waals surface area contributed by atoms with Crippen molar-refractivity contribution in [1.29, 1.82) is 0 Å². The number of benzene rings is 3. The highest BCUT2D eigenvalue weighted by Gasteiger charge is 2.18. The molecule has 0 saturated heterocycles. The Hall–Kier alpha value is -3.75. The van der Waals surface area contributed by atoms with Gasteiger partial charge in [0.05, 0.1) is 30.8 Å². The third-order valence-corrected chi connectivity index (χ3v) is 5.61. The predicted octanol–water partition coefficient (Wildman–Crippen LogP) is 4.12. The van der Waals surface area contributed by atoms with Crippen molar-refractivity contribution in [3.05, 3.63) is 91.5 Å². The largest absolute Gasteiger partial charge is 0.493 e. The van der Waals surface area contributed by atoms with Crippen molar-refractivity contribution in [1.82, 2.24) is 9.13 Å². The fourth-order valence-corrected chi connectivity index (χ4v) is 3.94. The number of nitrogens with one attached hydrogen (secondary N) is 1. The maximum absolute atomic E-state index is 13.4. The van der Waals surface area contributed by atoms with Gasteiger partial charge in [0, 0.05) is 21.8 Å². The van der Waals surface area contributed by atoms with Crippen LogP contribution < -0.4 is 26.0 Å². The van der Waals surface area contributed by atoms with Crippen LogP contribution in [0.15, 0.2) is 70.3 Å². The Bertz CT molecular complexity index is 1530. The van der Waals surface area contributed by atoms with E-state index in [1.807, 2.05) is 0 Å². The molecule has 0 radical (unpaired) electrons. The molecule has 8 nitrogen and oxygen atoms in total. The molecule has 0 aliphatic rings. The average Bonchev–Trinajstić information content (AvgIpc) is 2.81. The number of carbonyl (C=O) groups is 1. The average molecular weight is 500 g/mol. The van der Waals surface area contributed by atoms with E-state index < -0.39 is 17.2 Å². The molecule has 0 spiro atoms. The van der Waals surface area contributed by atoms with Crippen LogP contribution in [0.1, 0.15) is 0 Å². The van der Waals surface area contributed by atoms with Gasteiger partial charge in [-0.15, -0.1) is 0 Å². The quantitative estimate of drug-likeness (QED) is 0.430. The second-order valence-electron chi connectivity index (χ2n) is 7.27. The Morgan fingerprint density at radius 1 is 0.912 bits per heavy atom. The molecule has 34 heavy (non-hydrogen) atoms. The summed E-state index contributed by atoms with van der Waals surface area (Å²) in [5, 5.41) is 3.63. The number of methoxy groups -OCH3 is 2. The molecule has 0 saturated carbocycles. The number of carbonyl (C=O) groups excluding carboxylic acids is 1. The number of hydrogen-bond donors (Lipinski definition) is 1. The molecule has 3 aromatic carbocycles. The number of rotatable bonds is 6. The summed E-state index contributed by atoms with van der Waals surface area (Å²) in [7, 11) is 2.99. The van der Waals surface area contributed by atoms with Crippen molar-refractivity contribution in [3.8, 4) is 17.2 Å². The van der Waals surface area contributed by atoms with Crippen LogP contribution in [0, 0.1) is 0 Å². The van der Waals surface area contributed by atoms with Crippen LogP contribution in [0.25, 0.3) is 16.6 Å². The summed E-state index contributed by atoms with van der Waals surface area (Å²) in [6, 6.07) is 15.8. The maximum atomic E-state index is 13.4. The van der Waals surface area contributed by atoms with Crippen molar-refractivity contribution in [2.75, 3.05) is 19.5 Å². The minimum atomic E-state index is -0.704. The third kappa shape index (κ3) is 4.50. The Balaban J connectivity index is 1.80. The normalized spacial score (nSPS) is 10.8. The summed E-state index contributed by atoms with van der Waals surface area (Å²) in [6.45, 7) is -0.370. The van der Waals surface area contributed by atoms with Gasteiger partial charge in [0.2, 0.25) is 5.91 Å². The number of amides is 1. The molecular formula is C24H19Cl2N3O5. The Morgan fingerprint density at radius 2 is 1.65 bits per heavy atom. The zero-order valence-corrected chi connectivity index (χ0v) is 19.7. The topological polar surface area (TPSA) is 91.6 Å². The number of nitrogens with zero attached hydrogens (tertiary/aromatic N) is 2. The standard InChI is InChI=1S/C24H19Cl2N3O5/c1-33-20-9-7-16(12-21(20)34-2)27-22(30)13-28-19-11-15(26)6-8-18(19)23(31)29(24(28)32)17-5-3-4-14(25)10-17/h3-12H,13H2,1-2H3,(H,27,30). The van der Waals surface area contributed by atoms with Gasteiger partial charge >= 0.3 is 5.69 Å².